The topological polar surface area (TPSA) is 67.6 Å². The van der Waals surface area contributed by atoms with E-state index in [1.165, 1.54) is 25.7 Å². The van der Waals surface area contributed by atoms with Gasteiger partial charge in [0.05, 0.1) is 0 Å². The zero-order valence-corrected chi connectivity index (χ0v) is 15.4. The van der Waals surface area contributed by atoms with Gasteiger partial charge in [0.25, 0.3) is 0 Å². The largest absolute Gasteiger partial charge is 0.399 e. The van der Waals surface area contributed by atoms with Gasteiger partial charge in [-0.3, -0.25) is 0 Å². The summed E-state index contributed by atoms with van der Waals surface area (Å²) in [6.07, 6.45) is 13.2. The molecule has 1 saturated heterocycles. The second-order valence-electron chi connectivity index (χ2n) is 7.20. The summed E-state index contributed by atoms with van der Waals surface area (Å²) in [4.78, 5) is 7.20. The van der Waals surface area contributed by atoms with Crippen LogP contribution in [-0.4, -0.2) is 29.7 Å². The molecule has 1 heterocycles. The van der Waals surface area contributed by atoms with E-state index in [0.29, 0.717) is 11.1 Å². The average molecular weight is 329 g/mol. The van der Waals surface area contributed by atoms with Crippen molar-refractivity contribution in [2.75, 3.05) is 13.1 Å². The summed E-state index contributed by atoms with van der Waals surface area (Å²) >= 11 is 0. The van der Waals surface area contributed by atoms with Gasteiger partial charge in [-0.1, -0.05) is 24.8 Å². The van der Waals surface area contributed by atoms with Gasteiger partial charge in [-0.05, 0) is 57.4 Å². The van der Waals surface area contributed by atoms with Gasteiger partial charge in [-0.25, -0.2) is 4.99 Å². The van der Waals surface area contributed by atoms with Crippen LogP contribution in [0.4, 0.5) is 0 Å². The fraction of sp³-hybridized carbons (Fsp3) is 0.550. The third kappa shape index (κ3) is 4.84. The molecule has 1 atom stereocenters. The summed E-state index contributed by atoms with van der Waals surface area (Å²) in [7, 11) is 0. The van der Waals surface area contributed by atoms with E-state index in [1.807, 2.05) is 45.1 Å². The molecule has 132 valence electrons. The Morgan fingerprint density at radius 2 is 1.88 bits per heavy atom. The highest BCUT2D eigenvalue weighted by Gasteiger charge is 2.44. The lowest BCUT2D eigenvalue weighted by Gasteiger charge is -2.34. The van der Waals surface area contributed by atoms with Gasteiger partial charge in [-0.2, -0.15) is 0 Å². The van der Waals surface area contributed by atoms with Crippen LogP contribution in [0.5, 0.6) is 0 Å². The fourth-order valence-corrected chi connectivity index (χ4v) is 3.29. The Morgan fingerprint density at radius 1 is 1.25 bits per heavy atom. The fourth-order valence-electron chi connectivity index (χ4n) is 3.29. The van der Waals surface area contributed by atoms with Crippen LogP contribution in [0.1, 0.15) is 46.5 Å². The molecular weight excluding hydrogens is 296 g/mol. The van der Waals surface area contributed by atoms with Crippen LogP contribution in [0.2, 0.25) is 0 Å². The van der Waals surface area contributed by atoms with E-state index in [2.05, 4.69) is 11.5 Å². The van der Waals surface area contributed by atoms with Crippen molar-refractivity contribution in [2.45, 2.75) is 52.5 Å². The Morgan fingerprint density at radius 3 is 2.33 bits per heavy atom. The van der Waals surface area contributed by atoms with Crippen molar-refractivity contribution in [3.05, 3.63) is 48.0 Å². The van der Waals surface area contributed by atoms with E-state index in [4.69, 9.17) is 16.5 Å². The van der Waals surface area contributed by atoms with Crippen molar-refractivity contribution >= 4 is 5.71 Å². The van der Waals surface area contributed by atoms with Crippen LogP contribution in [0.3, 0.4) is 0 Å². The molecule has 4 heteroatoms. The average Bonchev–Trinajstić information content (AvgIpc) is 3.26. The summed E-state index contributed by atoms with van der Waals surface area (Å²) in [5, 5.41) is 0. The van der Waals surface area contributed by atoms with Crippen molar-refractivity contribution in [2.24, 2.45) is 21.9 Å². The number of nitrogens with zero attached hydrogens (tertiary/aromatic N) is 2. The maximum Gasteiger partial charge on any atom is 0.130 e. The van der Waals surface area contributed by atoms with Crippen LogP contribution in [0.25, 0.3) is 0 Å². The number of likely N-dealkylation sites (tertiary alicyclic amines) is 1. The molecule has 2 fully saturated rings. The highest BCUT2D eigenvalue weighted by Crippen LogP contribution is 2.53. The summed E-state index contributed by atoms with van der Waals surface area (Å²) in [6, 6.07) is -0.0663. The van der Waals surface area contributed by atoms with E-state index in [1.54, 1.807) is 0 Å². The monoisotopic (exact) mass is 328 g/mol. The van der Waals surface area contributed by atoms with Crippen LogP contribution < -0.4 is 11.5 Å². The third-order valence-corrected chi connectivity index (χ3v) is 5.08. The molecule has 0 aromatic heterocycles. The van der Waals surface area contributed by atoms with Gasteiger partial charge in [0.1, 0.15) is 5.82 Å². The summed E-state index contributed by atoms with van der Waals surface area (Å²) in [5.41, 5.74) is 15.1. The van der Waals surface area contributed by atoms with Gasteiger partial charge in [0.15, 0.2) is 0 Å². The lowest BCUT2D eigenvalue weighted by atomic mass is 9.94. The summed E-state index contributed by atoms with van der Waals surface area (Å²) < 4.78 is 0. The van der Waals surface area contributed by atoms with Crippen molar-refractivity contribution < 1.29 is 0 Å². The van der Waals surface area contributed by atoms with Crippen molar-refractivity contribution in [1.82, 2.24) is 4.90 Å². The van der Waals surface area contributed by atoms with E-state index >= 15 is 0 Å². The van der Waals surface area contributed by atoms with Gasteiger partial charge in [0, 0.05) is 36.6 Å². The number of hydrogen-bond acceptors (Lipinski definition) is 4. The molecule has 0 aromatic carbocycles. The Hall–Kier alpha value is -1.81. The molecule has 1 unspecified atom stereocenters. The van der Waals surface area contributed by atoms with E-state index in [-0.39, 0.29) is 6.04 Å². The highest BCUT2D eigenvalue weighted by molar-refractivity contribution is 6.00. The molecule has 1 aliphatic carbocycles. The molecule has 2 aliphatic rings. The van der Waals surface area contributed by atoms with Crippen LogP contribution in [-0.2, 0) is 0 Å². The number of piperidine rings is 1. The molecule has 4 nitrogen and oxygen atoms in total. The Bertz CT molecular complexity index is 579. The molecular formula is C20H32N4. The highest BCUT2D eigenvalue weighted by atomic mass is 15.2. The van der Waals surface area contributed by atoms with Crippen LogP contribution >= 0.6 is 0 Å². The molecule has 2 rings (SSSR count). The first-order chi connectivity index (χ1) is 11.4. The maximum absolute atomic E-state index is 6.12. The maximum atomic E-state index is 6.12. The molecule has 24 heavy (non-hydrogen) atoms. The summed E-state index contributed by atoms with van der Waals surface area (Å²) in [6.45, 7) is 11.9. The number of aliphatic imine (C=N–C) groups is 1. The minimum atomic E-state index is -0.0663. The smallest absolute Gasteiger partial charge is 0.130 e. The van der Waals surface area contributed by atoms with Gasteiger partial charge < -0.3 is 16.4 Å². The minimum absolute atomic E-state index is 0.0663. The predicted octanol–water partition coefficient (Wildman–Crippen LogP) is 3.49. The van der Waals surface area contributed by atoms with E-state index in [9.17, 15) is 0 Å². The number of nitrogens with two attached hydrogens (primary N) is 2. The first-order valence-electron chi connectivity index (χ1n) is 8.92. The number of allylic oxidation sites excluding steroid dienone is 4. The SMILES string of the molecule is C=C(N)\C=C(/N=C(C)/C(=C\C=C/C)C(C)N)N1CCC2(CC1)CC2. The van der Waals surface area contributed by atoms with Gasteiger partial charge in [-0.15, -0.1) is 0 Å². The standard InChI is InChI=1S/C20H32N4/c1-5-6-7-18(16(3)22)17(4)23-19(14-15(2)21)24-12-10-20(8-9-20)11-13-24/h5-7,14,16H,2,8-13,21-22H2,1,3-4H3/b6-5-,18-7-,19-14+,23-17+. The van der Waals surface area contributed by atoms with Gasteiger partial charge >= 0.3 is 0 Å². The quantitative estimate of drug-likeness (QED) is 0.579. The molecule has 4 N–H and O–H groups in total. The summed E-state index contributed by atoms with van der Waals surface area (Å²) in [5.74, 6) is 0.905. The number of hydrogen-bond donors (Lipinski definition) is 2. The minimum Gasteiger partial charge on any atom is -0.399 e. The van der Waals surface area contributed by atoms with Crippen molar-refractivity contribution in [3.63, 3.8) is 0 Å². The number of rotatable bonds is 6. The van der Waals surface area contributed by atoms with Crippen LogP contribution in [0.15, 0.2) is 53.0 Å². The lowest BCUT2D eigenvalue weighted by molar-refractivity contribution is 0.211. The lowest BCUT2D eigenvalue weighted by Crippen LogP contribution is -2.34. The van der Waals surface area contributed by atoms with Gasteiger partial charge in [0.2, 0.25) is 0 Å². The molecule has 1 spiro atoms. The molecule has 1 saturated carbocycles. The van der Waals surface area contributed by atoms with E-state index in [0.717, 1.165) is 30.2 Å². The Labute approximate surface area is 146 Å². The first kappa shape index (κ1) is 18.5. The van der Waals surface area contributed by atoms with Crippen LogP contribution in [0, 0.1) is 5.41 Å². The molecule has 0 radical (unpaired) electrons. The van der Waals surface area contributed by atoms with Crippen molar-refractivity contribution in [1.29, 1.82) is 0 Å². The molecule has 1 aliphatic heterocycles. The second-order valence-corrected chi connectivity index (χ2v) is 7.20. The second kappa shape index (κ2) is 7.84. The molecule has 0 aromatic rings. The Balaban J connectivity index is 2.22. The third-order valence-electron chi connectivity index (χ3n) is 5.08. The van der Waals surface area contributed by atoms with Crippen molar-refractivity contribution in [3.8, 4) is 0 Å². The molecule has 0 bridgehead atoms. The normalized spacial score (nSPS) is 23.0. The van der Waals surface area contributed by atoms with E-state index < -0.39 is 0 Å². The Kier molecular flexibility index (Phi) is 6.05. The molecule has 0 amide bonds. The zero-order chi connectivity index (χ0) is 17.7. The predicted molar refractivity (Wildman–Crippen MR) is 104 cm³/mol. The zero-order valence-electron chi connectivity index (χ0n) is 15.4. The first-order valence-corrected chi connectivity index (χ1v) is 8.92.